The summed E-state index contributed by atoms with van der Waals surface area (Å²) >= 11 is 5.88. The topological polar surface area (TPSA) is 73.2 Å². The number of ether oxygens (including phenoxy) is 1. The van der Waals surface area contributed by atoms with Gasteiger partial charge in [-0.15, -0.1) is 0 Å². The molecule has 1 heterocycles. The number of nitrogens with zero attached hydrogens (tertiary/aromatic N) is 2. The van der Waals surface area contributed by atoms with E-state index >= 15 is 0 Å². The molecule has 18 heavy (non-hydrogen) atoms. The van der Waals surface area contributed by atoms with Gasteiger partial charge in [0, 0.05) is 20.2 Å². The highest BCUT2D eigenvalue weighted by molar-refractivity contribution is 7.89. The lowest BCUT2D eigenvalue weighted by Gasteiger charge is -2.20. The summed E-state index contributed by atoms with van der Waals surface area (Å²) in [7, 11) is -0.577. The van der Waals surface area contributed by atoms with Crippen LogP contribution in [-0.4, -0.2) is 37.7 Å². The Morgan fingerprint density at radius 2 is 2.17 bits per heavy atom. The van der Waals surface area contributed by atoms with Crippen LogP contribution in [0.25, 0.3) is 0 Å². The number of aromatic nitrogens is 2. The number of aryl methyl sites for hydroxylation is 1. The lowest BCUT2D eigenvalue weighted by Crippen LogP contribution is -2.41. The zero-order valence-corrected chi connectivity index (χ0v) is 12.4. The van der Waals surface area contributed by atoms with Crippen molar-refractivity contribution in [1.82, 2.24) is 14.3 Å². The van der Waals surface area contributed by atoms with Crippen LogP contribution >= 0.6 is 11.6 Å². The number of halogens is 1. The Balaban J connectivity index is 2.97. The Labute approximate surface area is 112 Å². The fraction of sp³-hybridized carbons (Fsp3) is 0.700. The highest BCUT2D eigenvalue weighted by atomic mass is 35.5. The molecule has 1 aromatic rings. The molecule has 0 aliphatic heterocycles. The number of nitrogens with one attached hydrogen (secondary N) is 1. The molecule has 0 spiro atoms. The van der Waals surface area contributed by atoms with Crippen LogP contribution in [0.5, 0.6) is 0 Å². The number of sulfonamides is 1. The van der Waals surface area contributed by atoms with Gasteiger partial charge >= 0.3 is 0 Å². The maximum Gasteiger partial charge on any atom is 0.261 e. The summed E-state index contributed by atoms with van der Waals surface area (Å²) in [6.45, 7) is 4.11. The summed E-state index contributed by atoms with van der Waals surface area (Å²) in [5, 5.41) is -0.0733. The van der Waals surface area contributed by atoms with E-state index in [1.807, 2.05) is 13.8 Å². The Hall–Kier alpha value is -0.630. The van der Waals surface area contributed by atoms with E-state index in [4.69, 9.17) is 16.3 Å². The molecule has 0 amide bonds. The molecule has 1 rings (SSSR count). The number of imidazole rings is 1. The largest absolute Gasteiger partial charge is 0.383 e. The first-order chi connectivity index (χ1) is 8.29. The standard InChI is InChI=1S/C10H18ClN3O3S/c1-7(2)8(5-17-4)13-18(15,16)10-9(11)14(3)6-12-10/h6-8,13H,5H2,1-4H3. The van der Waals surface area contributed by atoms with E-state index in [1.165, 1.54) is 18.0 Å². The van der Waals surface area contributed by atoms with Gasteiger partial charge in [-0.05, 0) is 5.92 Å². The molecular weight excluding hydrogens is 278 g/mol. The van der Waals surface area contributed by atoms with Crippen molar-refractivity contribution in [2.75, 3.05) is 13.7 Å². The van der Waals surface area contributed by atoms with Gasteiger partial charge in [-0.1, -0.05) is 25.4 Å². The van der Waals surface area contributed by atoms with Crippen LogP contribution < -0.4 is 4.72 Å². The Bertz CT molecular complexity index is 498. The second-order valence-corrected chi connectivity index (χ2v) is 6.37. The van der Waals surface area contributed by atoms with Crippen LogP contribution in [0.1, 0.15) is 13.8 Å². The zero-order chi connectivity index (χ0) is 13.9. The fourth-order valence-corrected chi connectivity index (χ4v) is 3.17. The first-order valence-corrected chi connectivity index (χ1v) is 7.33. The number of hydrogen-bond acceptors (Lipinski definition) is 4. The van der Waals surface area contributed by atoms with Crippen LogP contribution in [0.3, 0.4) is 0 Å². The molecule has 0 fully saturated rings. The molecule has 0 bridgehead atoms. The molecule has 0 aliphatic rings. The van der Waals surface area contributed by atoms with Crippen molar-refractivity contribution in [2.45, 2.75) is 24.9 Å². The van der Waals surface area contributed by atoms with Gasteiger partial charge in [0.05, 0.1) is 12.9 Å². The first kappa shape index (κ1) is 15.4. The molecule has 1 atom stereocenters. The summed E-state index contributed by atoms with van der Waals surface area (Å²) in [4.78, 5) is 3.80. The van der Waals surface area contributed by atoms with E-state index in [9.17, 15) is 8.42 Å². The molecule has 8 heteroatoms. The quantitative estimate of drug-likeness (QED) is 0.850. The SMILES string of the molecule is COCC(NS(=O)(=O)c1ncn(C)c1Cl)C(C)C. The molecule has 0 radical (unpaired) electrons. The van der Waals surface area contributed by atoms with Crippen molar-refractivity contribution in [3.05, 3.63) is 11.5 Å². The van der Waals surface area contributed by atoms with E-state index in [0.717, 1.165) is 0 Å². The lowest BCUT2D eigenvalue weighted by atomic mass is 10.1. The summed E-state index contributed by atoms with van der Waals surface area (Å²) < 4.78 is 33.2. The smallest absolute Gasteiger partial charge is 0.261 e. The average molecular weight is 296 g/mol. The van der Waals surface area contributed by atoms with Crippen LogP contribution in [0.4, 0.5) is 0 Å². The molecule has 6 nitrogen and oxygen atoms in total. The minimum atomic E-state index is -3.73. The molecule has 1 aromatic heterocycles. The van der Waals surface area contributed by atoms with Crippen molar-refractivity contribution in [3.63, 3.8) is 0 Å². The van der Waals surface area contributed by atoms with E-state index in [-0.39, 0.29) is 22.1 Å². The molecule has 104 valence electrons. The Morgan fingerprint density at radius 3 is 2.56 bits per heavy atom. The summed E-state index contributed by atoms with van der Waals surface area (Å²) in [5.41, 5.74) is 0. The van der Waals surface area contributed by atoms with Crippen molar-refractivity contribution < 1.29 is 13.2 Å². The van der Waals surface area contributed by atoms with Crippen LogP contribution in [0, 0.1) is 5.92 Å². The highest BCUT2D eigenvalue weighted by Crippen LogP contribution is 2.19. The second-order valence-electron chi connectivity index (χ2n) is 4.38. The maximum absolute atomic E-state index is 12.1. The highest BCUT2D eigenvalue weighted by Gasteiger charge is 2.27. The zero-order valence-electron chi connectivity index (χ0n) is 10.8. The van der Waals surface area contributed by atoms with Gasteiger partial charge in [-0.2, -0.15) is 0 Å². The lowest BCUT2D eigenvalue weighted by molar-refractivity contribution is 0.157. The molecule has 0 aliphatic carbocycles. The number of hydrogen-bond donors (Lipinski definition) is 1. The third-order valence-electron chi connectivity index (χ3n) is 2.55. The van der Waals surface area contributed by atoms with E-state index < -0.39 is 10.0 Å². The number of methoxy groups -OCH3 is 1. The minimum absolute atomic E-state index is 0.0856. The third kappa shape index (κ3) is 3.44. The van der Waals surface area contributed by atoms with Crippen LogP contribution in [-0.2, 0) is 21.8 Å². The second kappa shape index (κ2) is 6.01. The predicted molar refractivity (Wildman–Crippen MR) is 69.0 cm³/mol. The summed E-state index contributed by atoms with van der Waals surface area (Å²) in [6.07, 6.45) is 1.36. The molecule has 0 saturated heterocycles. The van der Waals surface area contributed by atoms with Gasteiger partial charge < -0.3 is 9.30 Å². The van der Waals surface area contributed by atoms with Crippen molar-refractivity contribution >= 4 is 21.6 Å². The van der Waals surface area contributed by atoms with Gasteiger partial charge in [-0.3, -0.25) is 0 Å². The monoisotopic (exact) mass is 295 g/mol. The van der Waals surface area contributed by atoms with Crippen molar-refractivity contribution in [3.8, 4) is 0 Å². The van der Waals surface area contributed by atoms with Gasteiger partial charge in [0.2, 0.25) is 5.03 Å². The Kier molecular flexibility index (Phi) is 5.15. The summed E-state index contributed by atoms with van der Waals surface area (Å²) in [6, 6.07) is -0.321. The first-order valence-electron chi connectivity index (χ1n) is 5.47. The molecule has 0 aromatic carbocycles. The third-order valence-corrected chi connectivity index (χ3v) is 4.52. The maximum atomic E-state index is 12.1. The normalized spacial score (nSPS) is 14.1. The van der Waals surface area contributed by atoms with E-state index in [1.54, 1.807) is 7.05 Å². The van der Waals surface area contributed by atoms with Crippen LogP contribution in [0.15, 0.2) is 11.4 Å². The molecule has 1 unspecified atom stereocenters. The van der Waals surface area contributed by atoms with E-state index in [0.29, 0.717) is 6.61 Å². The molecule has 0 saturated carbocycles. The van der Waals surface area contributed by atoms with Crippen molar-refractivity contribution in [2.24, 2.45) is 13.0 Å². The van der Waals surface area contributed by atoms with E-state index in [2.05, 4.69) is 9.71 Å². The van der Waals surface area contributed by atoms with Crippen molar-refractivity contribution in [1.29, 1.82) is 0 Å². The predicted octanol–water partition coefficient (Wildman–Crippen LogP) is 1.02. The fourth-order valence-electron chi connectivity index (χ4n) is 1.37. The number of rotatable bonds is 6. The van der Waals surface area contributed by atoms with Gasteiger partial charge in [0.15, 0.2) is 0 Å². The minimum Gasteiger partial charge on any atom is -0.383 e. The summed E-state index contributed by atoms with van der Waals surface area (Å²) in [5.74, 6) is 0.0993. The molecular formula is C10H18ClN3O3S. The molecule has 1 N–H and O–H groups in total. The van der Waals surface area contributed by atoms with Gasteiger partial charge in [0.1, 0.15) is 5.15 Å². The average Bonchev–Trinajstić information content (AvgIpc) is 2.59. The van der Waals surface area contributed by atoms with Gasteiger partial charge in [0.25, 0.3) is 10.0 Å². The van der Waals surface area contributed by atoms with Crippen LogP contribution in [0.2, 0.25) is 5.15 Å². The Morgan fingerprint density at radius 1 is 1.56 bits per heavy atom. The van der Waals surface area contributed by atoms with Gasteiger partial charge in [-0.25, -0.2) is 18.1 Å².